The van der Waals surface area contributed by atoms with E-state index in [4.69, 9.17) is 9.84 Å². The number of hydrogen-bond donors (Lipinski definition) is 1. The molecule has 3 nitrogen and oxygen atoms in total. The van der Waals surface area contributed by atoms with Crippen LogP contribution in [0, 0.1) is 6.92 Å². The number of carboxylic acid groups (broad SMARTS) is 1. The van der Waals surface area contributed by atoms with Crippen LogP contribution in [-0.4, -0.2) is 11.1 Å². The number of rotatable bonds is 5. The molecule has 0 spiro atoms. The molecule has 0 aliphatic heterocycles. The van der Waals surface area contributed by atoms with Crippen molar-refractivity contribution in [2.75, 3.05) is 0 Å². The van der Waals surface area contributed by atoms with E-state index in [1.807, 2.05) is 55.5 Å². The maximum absolute atomic E-state index is 10.9. The fraction of sp³-hybridized carbons (Fsp3) is 0.188. The number of aliphatic carboxylic acids is 1. The van der Waals surface area contributed by atoms with Gasteiger partial charge in [-0.3, -0.25) is 4.79 Å². The molecule has 98 valence electrons. The van der Waals surface area contributed by atoms with Gasteiger partial charge in [0.25, 0.3) is 0 Å². The monoisotopic (exact) mass is 256 g/mol. The molecule has 0 aromatic heterocycles. The summed E-state index contributed by atoms with van der Waals surface area (Å²) in [5.41, 5.74) is 2.74. The second kappa shape index (κ2) is 6.05. The number of hydrogen-bond acceptors (Lipinski definition) is 2. The van der Waals surface area contributed by atoms with Crippen LogP contribution in [0.3, 0.4) is 0 Å². The molecule has 0 aliphatic carbocycles. The third-order valence-corrected chi connectivity index (χ3v) is 2.93. The molecule has 0 saturated carbocycles. The Morgan fingerprint density at radius 3 is 2.53 bits per heavy atom. The number of carbonyl (C=O) groups is 1. The number of benzene rings is 2. The van der Waals surface area contributed by atoms with Crippen LogP contribution in [0.15, 0.2) is 48.5 Å². The molecule has 0 aliphatic rings. The smallest absolute Gasteiger partial charge is 0.307 e. The second-order valence-electron chi connectivity index (χ2n) is 4.40. The Balaban J connectivity index is 2.15. The molecular weight excluding hydrogens is 240 g/mol. The standard InChI is InChI=1S/C16H16O3/c1-12-6-5-9-15(14(12)10-16(17)18)19-11-13-7-3-2-4-8-13/h2-9H,10-11H2,1H3,(H,17,18). The minimum Gasteiger partial charge on any atom is -0.489 e. The van der Waals surface area contributed by atoms with Crippen molar-refractivity contribution >= 4 is 5.97 Å². The van der Waals surface area contributed by atoms with Crippen LogP contribution < -0.4 is 4.74 Å². The zero-order valence-corrected chi connectivity index (χ0v) is 10.8. The molecule has 0 fully saturated rings. The van der Waals surface area contributed by atoms with Crippen LogP contribution in [0.4, 0.5) is 0 Å². The van der Waals surface area contributed by atoms with Gasteiger partial charge in [0.05, 0.1) is 6.42 Å². The summed E-state index contributed by atoms with van der Waals surface area (Å²) in [7, 11) is 0. The fourth-order valence-electron chi connectivity index (χ4n) is 1.92. The van der Waals surface area contributed by atoms with E-state index in [0.29, 0.717) is 12.4 Å². The zero-order valence-electron chi connectivity index (χ0n) is 10.8. The van der Waals surface area contributed by atoms with Crippen LogP contribution in [0.5, 0.6) is 5.75 Å². The molecular formula is C16H16O3. The highest BCUT2D eigenvalue weighted by molar-refractivity contribution is 5.72. The summed E-state index contributed by atoms with van der Waals surface area (Å²) in [4.78, 5) is 10.9. The molecule has 1 N–H and O–H groups in total. The SMILES string of the molecule is Cc1cccc(OCc2ccccc2)c1CC(=O)O. The molecule has 0 heterocycles. The second-order valence-corrected chi connectivity index (χ2v) is 4.40. The van der Waals surface area contributed by atoms with Gasteiger partial charge in [0, 0.05) is 5.56 Å². The molecule has 0 atom stereocenters. The van der Waals surface area contributed by atoms with E-state index in [0.717, 1.165) is 16.7 Å². The number of carboxylic acids is 1. The Morgan fingerprint density at radius 1 is 1.11 bits per heavy atom. The molecule has 2 aromatic rings. The maximum atomic E-state index is 10.9. The van der Waals surface area contributed by atoms with Gasteiger partial charge < -0.3 is 9.84 Å². The topological polar surface area (TPSA) is 46.5 Å². The van der Waals surface area contributed by atoms with Gasteiger partial charge in [-0.2, -0.15) is 0 Å². The van der Waals surface area contributed by atoms with Crippen LogP contribution in [-0.2, 0) is 17.8 Å². The lowest BCUT2D eigenvalue weighted by atomic mass is 10.0. The third-order valence-electron chi connectivity index (χ3n) is 2.93. The Bertz CT molecular complexity index is 561. The van der Waals surface area contributed by atoms with Gasteiger partial charge in [-0.25, -0.2) is 0 Å². The van der Waals surface area contributed by atoms with Gasteiger partial charge in [-0.05, 0) is 24.1 Å². The van der Waals surface area contributed by atoms with E-state index >= 15 is 0 Å². The Morgan fingerprint density at radius 2 is 1.84 bits per heavy atom. The highest BCUT2D eigenvalue weighted by Crippen LogP contribution is 2.23. The first-order chi connectivity index (χ1) is 9.16. The van der Waals surface area contributed by atoms with Crippen molar-refractivity contribution in [2.45, 2.75) is 20.0 Å². The minimum absolute atomic E-state index is 0.0171. The van der Waals surface area contributed by atoms with Crippen molar-refractivity contribution in [1.29, 1.82) is 0 Å². The average Bonchev–Trinajstić information content (AvgIpc) is 2.40. The van der Waals surface area contributed by atoms with Crippen LogP contribution in [0.25, 0.3) is 0 Å². The van der Waals surface area contributed by atoms with Crippen LogP contribution >= 0.6 is 0 Å². The molecule has 0 bridgehead atoms. The van der Waals surface area contributed by atoms with Gasteiger partial charge >= 0.3 is 5.97 Å². The largest absolute Gasteiger partial charge is 0.489 e. The molecule has 2 rings (SSSR count). The van der Waals surface area contributed by atoms with Crippen molar-refractivity contribution in [3.8, 4) is 5.75 Å². The Labute approximate surface area is 112 Å². The van der Waals surface area contributed by atoms with Gasteiger partial charge in [0.2, 0.25) is 0 Å². The number of aryl methyl sites for hydroxylation is 1. The van der Waals surface area contributed by atoms with Crippen molar-refractivity contribution in [3.63, 3.8) is 0 Å². The van der Waals surface area contributed by atoms with Crippen molar-refractivity contribution in [2.24, 2.45) is 0 Å². The first-order valence-corrected chi connectivity index (χ1v) is 6.14. The van der Waals surface area contributed by atoms with Gasteiger partial charge in [-0.1, -0.05) is 42.5 Å². The highest BCUT2D eigenvalue weighted by atomic mass is 16.5. The molecule has 0 saturated heterocycles. The third kappa shape index (κ3) is 3.58. The first kappa shape index (κ1) is 13.1. The van der Waals surface area contributed by atoms with Crippen molar-refractivity contribution in [1.82, 2.24) is 0 Å². The summed E-state index contributed by atoms with van der Waals surface area (Å²) >= 11 is 0. The van der Waals surface area contributed by atoms with E-state index < -0.39 is 5.97 Å². The van der Waals surface area contributed by atoms with E-state index in [2.05, 4.69) is 0 Å². The highest BCUT2D eigenvalue weighted by Gasteiger charge is 2.10. The van der Waals surface area contributed by atoms with Gasteiger partial charge in [0.1, 0.15) is 12.4 Å². The quantitative estimate of drug-likeness (QED) is 0.893. The summed E-state index contributed by atoms with van der Waals surface area (Å²) in [5.74, 6) is -0.204. The number of ether oxygens (including phenoxy) is 1. The summed E-state index contributed by atoms with van der Waals surface area (Å²) in [5, 5.41) is 8.95. The first-order valence-electron chi connectivity index (χ1n) is 6.14. The lowest BCUT2D eigenvalue weighted by Crippen LogP contribution is -2.06. The molecule has 0 unspecified atom stereocenters. The molecule has 19 heavy (non-hydrogen) atoms. The van der Waals surface area contributed by atoms with E-state index in [9.17, 15) is 4.79 Å². The predicted octanol–water partition coefficient (Wildman–Crippen LogP) is 3.20. The minimum atomic E-state index is -0.848. The van der Waals surface area contributed by atoms with Gasteiger partial charge in [-0.15, -0.1) is 0 Å². The van der Waals surface area contributed by atoms with Crippen LogP contribution in [0.2, 0.25) is 0 Å². The average molecular weight is 256 g/mol. The fourth-order valence-corrected chi connectivity index (χ4v) is 1.92. The Kier molecular flexibility index (Phi) is 4.18. The lowest BCUT2D eigenvalue weighted by Gasteiger charge is -2.12. The molecule has 0 amide bonds. The van der Waals surface area contributed by atoms with Crippen LogP contribution in [0.1, 0.15) is 16.7 Å². The van der Waals surface area contributed by atoms with E-state index in [1.165, 1.54) is 0 Å². The normalized spacial score (nSPS) is 10.2. The summed E-state index contributed by atoms with van der Waals surface area (Å²) in [6.07, 6.45) is -0.0171. The van der Waals surface area contributed by atoms with Crippen molar-refractivity contribution in [3.05, 3.63) is 65.2 Å². The maximum Gasteiger partial charge on any atom is 0.307 e. The van der Waals surface area contributed by atoms with E-state index in [1.54, 1.807) is 0 Å². The predicted molar refractivity (Wildman–Crippen MR) is 73.3 cm³/mol. The van der Waals surface area contributed by atoms with Crippen molar-refractivity contribution < 1.29 is 14.6 Å². The lowest BCUT2D eigenvalue weighted by molar-refractivity contribution is -0.136. The van der Waals surface area contributed by atoms with E-state index in [-0.39, 0.29) is 6.42 Å². The Hall–Kier alpha value is -2.29. The molecule has 2 aromatic carbocycles. The summed E-state index contributed by atoms with van der Waals surface area (Å²) in [6, 6.07) is 15.4. The zero-order chi connectivity index (χ0) is 13.7. The summed E-state index contributed by atoms with van der Waals surface area (Å²) < 4.78 is 5.74. The molecule has 0 radical (unpaired) electrons. The molecule has 3 heteroatoms. The summed E-state index contributed by atoms with van der Waals surface area (Å²) in [6.45, 7) is 2.34. The van der Waals surface area contributed by atoms with Gasteiger partial charge in [0.15, 0.2) is 0 Å².